The Bertz CT molecular complexity index is 1100. The number of fused-ring (bicyclic) bond motifs is 2. The standard InChI is InChI=1S/C22H21N7O/c23-13-29-12-14-6-7-20(29)21(14)26-22(30)18-10-17(27-28-18)16-8-9-24-11-19(16)25-15-4-2-1-3-5-15/h1-5,8-11,14,20-21,25H,6-7,12H2,(H,26,30)(H,27,28)/t14?,20?,21-/m1/s1. The molecule has 3 aromatic rings. The van der Waals surface area contributed by atoms with Gasteiger partial charge in [0.1, 0.15) is 0 Å². The van der Waals surface area contributed by atoms with E-state index in [1.165, 1.54) is 0 Å². The van der Waals surface area contributed by atoms with Crippen LogP contribution in [-0.4, -0.2) is 44.6 Å². The number of nitrogens with zero attached hydrogens (tertiary/aromatic N) is 4. The van der Waals surface area contributed by atoms with Crippen molar-refractivity contribution in [3.05, 3.63) is 60.6 Å². The minimum absolute atomic E-state index is 0.00790. The molecule has 1 aromatic carbocycles. The number of hydrogen-bond donors (Lipinski definition) is 3. The number of hydrogen-bond acceptors (Lipinski definition) is 6. The van der Waals surface area contributed by atoms with Crippen molar-refractivity contribution in [1.29, 1.82) is 5.26 Å². The maximum atomic E-state index is 12.8. The summed E-state index contributed by atoms with van der Waals surface area (Å²) in [5.74, 6) is 0.115. The van der Waals surface area contributed by atoms with Crippen molar-refractivity contribution in [3.63, 3.8) is 0 Å². The van der Waals surface area contributed by atoms with E-state index >= 15 is 0 Å². The lowest BCUT2D eigenvalue weighted by molar-refractivity contribution is 0.0924. The van der Waals surface area contributed by atoms with Crippen molar-refractivity contribution in [3.8, 4) is 17.5 Å². The Morgan fingerprint density at radius 1 is 1.23 bits per heavy atom. The Balaban J connectivity index is 1.34. The fourth-order valence-electron chi connectivity index (χ4n) is 4.54. The number of nitrogens with one attached hydrogen (secondary N) is 3. The highest BCUT2D eigenvalue weighted by Gasteiger charge is 2.47. The van der Waals surface area contributed by atoms with Crippen molar-refractivity contribution >= 4 is 17.3 Å². The largest absolute Gasteiger partial charge is 0.354 e. The molecule has 150 valence electrons. The number of rotatable bonds is 5. The normalized spacial score (nSPS) is 22.0. The topological polar surface area (TPSA) is 110 Å². The number of H-pyrrole nitrogens is 1. The first-order valence-electron chi connectivity index (χ1n) is 10.0. The van der Waals surface area contributed by atoms with Crippen LogP contribution in [0.3, 0.4) is 0 Å². The highest BCUT2D eigenvalue weighted by Crippen LogP contribution is 2.37. The molecule has 0 spiro atoms. The van der Waals surface area contributed by atoms with Gasteiger partial charge in [0.15, 0.2) is 11.9 Å². The molecule has 1 amide bonds. The van der Waals surface area contributed by atoms with Crippen LogP contribution >= 0.6 is 0 Å². The molecular formula is C22H21N7O. The van der Waals surface area contributed by atoms with Gasteiger partial charge in [-0.2, -0.15) is 10.4 Å². The van der Waals surface area contributed by atoms with Gasteiger partial charge in [-0.25, -0.2) is 0 Å². The van der Waals surface area contributed by atoms with Crippen LogP contribution in [0, 0.1) is 17.4 Å². The van der Waals surface area contributed by atoms with Crippen molar-refractivity contribution in [1.82, 2.24) is 25.4 Å². The van der Waals surface area contributed by atoms with E-state index in [9.17, 15) is 10.1 Å². The number of anilines is 2. The number of carbonyl (C=O) groups excluding carboxylic acids is 1. The predicted molar refractivity (Wildman–Crippen MR) is 112 cm³/mol. The lowest BCUT2D eigenvalue weighted by Gasteiger charge is -2.21. The lowest BCUT2D eigenvalue weighted by Crippen LogP contribution is -2.42. The summed E-state index contributed by atoms with van der Waals surface area (Å²) >= 11 is 0. The Labute approximate surface area is 173 Å². The van der Waals surface area contributed by atoms with Gasteiger partial charge in [-0.15, -0.1) is 0 Å². The summed E-state index contributed by atoms with van der Waals surface area (Å²) in [5.41, 5.74) is 3.70. The number of aromatic nitrogens is 3. The van der Waals surface area contributed by atoms with E-state index in [2.05, 4.69) is 32.0 Å². The molecule has 8 heteroatoms. The summed E-state index contributed by atoms with van der Waals surface area (Å²) in [6, 6.07) is 13.6. The summed E-state index contributed by atoms with van der Waals surface area (Å²) < 4.78 is 0. The van der Waals surface area contributed by atoms with E-state index in [0.717, 1.165) is 42.0 Å². The zero-order valence-electron chi connectivity index (χ0n) is 16.2. The molecule has 3 heterocycles. The van der Waals surface area contributed by atoms with E-state index in [0.29, 0.717) is 11.6 Å². The number of benzene rings is 1. The number of para-hydroxylation sites is 1. The molecule has 1 saturated carbocycles. The first kappa shape index (κ1) is 18.2. The maximum Gasteiger partial charge on any atom is 0.272 e. The fraction of sp³-hybridized carbons (Fsp3) is 0.273. The van der Waals surface area contributed by atoms with Crippen LogP contribution in [-0.2, 0) is 0 Å². The van der Waals surface area contributed by atoms with E-state index < -0.39 is 0 Å². The highest BCUT2D eigenvalue weighted by atomic mass is 16.2. The molecule has 2 unspecified atom stereocenters. The Morgan fingerprint density at radius 2 is 2.10 bits per heavy atom. The molecule has 30 heavy (non-hydrogen) atoms. The molecule has 2 aliphatic rings. The lowest BCUT2D eigenvalue weighted by atomic mass is 10.1. The quantitative estimate of drug-likeness (QED) is 0.569. The second-order valence-corrected chi connectivity index (χ2v) is 7.74. The van der Waals surface area contributed by atoms with Crippen molar-refractivity contribution in [2.75, 3.05) is 11.9 Å². The number of carbonyl (C=O) groups is 1. The van der Waals surface area contributed by atoms with Crippen LogP contribution < -0.4 is 10.6 Å². The number of aromatic amines is 1. The highest BCUT2D eigenvalue weighted by molar-refractivity contribution is 5.94. The third-order valence-electron chi connectivity index (χ3n) is 5.99. The minimum atomic E-state index is -0.217. The van der Waals surface area contributed by atoms with Gasteiger partial charge in [-0.05, 0) is 43.0 Å². The molecule has 1 aliphatic heterocycles. The van der Waals surface area contributed by atoms with Gasteiger partial charge >= 0.3 is 0 Å². The number of piperidine rings is 1. The number of amides is 1. The second kappa shape index (κ2) is 7.52. The minimum Gasteiger partial charge on any atom is -0.354 e. The first-order valence-corrected chi connectivity index (χ1v) is 10.0. The van der Waals surface area contributed by atoms with E-state index in [-0.39, 0.29) is 18.0 Å². The van der Waals surface area contributed by atoms with Gasteiger partial charge in [-0.1, -0.05) is 18.2 Å². The van der Waals surface area contributed by atoms with Crippen molar-refractivity contribution < 1.29 is 4.79 Å². The van der Waals surface area contributed by atoms with Gasteiger partial charge in [0, 0.05) is 24.0 Å². The van der Waals surface area contributed by atoms with Gasteiger partial charge < -0.3 is 15.5 Å². The molecule has 1 aliphatic carbocycles. The molecule has 1 saturated heterocycles. The fourth-order valence-corrected chi connectivity index (χ4v) is 4.54. The summed E-state index contributed by atoms with van der Waals surface area (Å²) in [6.07, 6.45) is 7.68. The average Bonchev–Trinajstić information content (AvgIpc) is 3.50. The third kappa shape index (κ3) is 3.24. The number of nitriles is 1. The van der Waals surface area contributed by atoms with Crippen molar-refractivity contribution in [2.45, 2.75) is 24.9 Å². The van der Waals surface area contributed by atoms with Crippen LogP contribution in [0.2, 0.25) is 0 Å². The monoisotopic (exact) mass is 399 g/mol. The summed E-state index contributed by atoms with van der Waals surface area (Å²) in [6.45, 7) is 0.726. The zero-order valence-corrected chi connectivity index (χ0v) is 16.2. The molecular weight excluding hydrogens is 378 g/mol. The molecule has 0 radical (unpaired) electrons. The predicted octanol–water partition coefficient (Wildman–Crippen LogP) is 2.89. The van der Waals surface area contributed by atoms with E-state index in [1.807, 2.05) is 36.4 Å². The summed E-state index contributed by atoms with van der Waals surface area (Å²) in [4.78, 5) is 18.8. The van der Waals surface area contributed by atoms with Gasteiger partial charge in [0.2, 0.25) is 0 Å². The van der Waals surface area contributed by atoms with Crippen molar-refractivity contribution in [2.24, 2.45) is 5.92 Å². The van der Waals surface area contributed by atoms with E-state index in [1.54, 1.807) is 23.4 Å². The SMILES string of the molecule is N#CN1CC2CCC1[C@@H]2NC(=O)c1cc(-c2ccncc2Nc2ccccc2)[nH]n1. The van der Waals surface area contributed by atoms with Crippen LogP contribution in [0.1, 0.15) is 23.3 Å². The molecule has 3 atom stereocenters. The molecule has 2 fully saturated rings. The number of pyridine rings is 1. The maximum absolute atomic E-state index is 12.8. The van der Waals surface area contributed by atoms with E-state index in [4.69, 9.17) is 0 Å². The second-order valence-electron chi connectivity index (χ2n) is 7.74. The van der Waals surface area contributed by atoms with Gasteiger partial charge in [0.25, 0.3) is 5.91 Å². The Hall–Kier alpha value is -3.86. The Kier molecular flexibility index (Phi) is 4.56. The average molecular weight is 399 g/mol. The first-order chi connectivity index (χ1) is 14.7. The van der Waals surface area contributed by atoms with Gasteiger partial charge in [-0.3, -0.25) is 14.9 Å². The Morgan fingerprint density at radius 3 is 2.90 bits per heavy atom. The molecule has 5 rings (SSSR count). The van der Waals surface area contributed by atoms with Crippen LogP contribution in [0.4, 0.5) is 11.4 Å². The van der Waals surface area contributed by atoms with Crippen LogP contribution in [0.25, 0.3) is 11.3 Å². The summed E-state index contributed by atoms with van der Waals surface area (Å²) in [7, 11) is 0. The molecule has 3 N–H and O–H groups in total. The van der Waals surface area contributed by atoms with Crippen LogP contribution in [0.15, 0.2) is 54.9 Å². The molecule has 8 nitrogen and oxygen atoms in total. The molecule has 2 bridgehead atoms. The summed E-state index contributed by atoms with van der Waals surface area (Å²) in [5, 5.41) is 22.9. The number of likely N-dealkylation sites (tertiary alicyclic amines) is 1. The molecule has 2 aromatic heterocycles. The zero-order chi connectivity index (χ0) is 20.5. The third-order valence-corrected chi connectivity index (χ3v) is 5.99. The van der Waals surface area contributed by atoms with Gasteiger partial charge in [0.05, 0.1) is 29.7 Å². The smallest absolute Gasteiger partial charge is 0.272 e. The van der Waals surface area contributed by atoms with Crippen LogP contribution in [0.5, 0.6) is 0 Å².